The van der Waals surface area contributed by atoms with Gasteiger partial charge in [-0.25, -0.2) is 0 Å². The average molecular weight is 548 g/mol. The number of amides is 3. The van der Waals surface area contributed by atoms with Gasteiger partial charge in [0.05, 0.1) is 5.69 Å². The summed E-state index contributed by atoms with van der Waals surface area (Å²) in [7, 11) is 0. The van der Waals surface area contributed by atoms with Crippen LogP contribution in [0, 0.1) is 0 Å². The highest BCUT2D eigenvalue weighted by Crippen LogP contribution is 2.37. The molecule has 2 aliphatic rings. The molecule has 3 aromatic carbocycles. The summed E-state index contributed by atoms with van der Waals surface area (Å²) in [4.78, 5) is 43.4. The summed E-state index contributed by atoms with van der Waals surface area (Å²) in [6.45, 7) is 1.92. The van der Waals surface area contributed by atoms with E-state index in [0.717, 1.165) is 52.2 Å². The summed E-state index contributed by atoms with van der Waals surface area (Å²) in [5.74, 6) is -0.598. The van der Waals surface area contributed by atoms with E-state index in [2.05, 4.69) is 21.2 Å². The highest BCUT2D eigenvalue weighted by atomic mass is 79.9. The average Bonchev–Trinajstić information content (AvgIpc) is 3.15. The number of rotatable bonds is 7. The van der Waals surface area contributed by atoms with Crippen molar-refractivity contribution in [3.8, 4) is 0 Å². The number of carbonyl (C=O) groups is 3. The molecule has 0 spiro atoms. The van der Waals surface area contributed by atoms with Crippen LogP contribution in [0.1, 0.15) is 54.9 Å². The van der Waals surface area contributed by atoms with Crippen molar-refractivity contribution in [3.63, 3.8) is 0 Å². The largest absolute Gasteiger partial charge is 0.352 e. The normalized spacial score (nSPS) is 16.3. The summed E-state index contributed by atoms with van der Waals surface area (Å²) >= 11 is 3.50. The minimum atomic E-state index is -0.672. The summed E-state index contributed by atoms with van der Waals surface area (Å²) in [6, 6.07) is 18.6. The molecule has 1 aliphatic carbocycles. The summed E-state index contributed by atoms with van der Waals surface area (Å²) in [5, 5.41) is 5.01. The molecule has 1 N–H and O–H groups in total. The van der Waals surface area contributed by atoms with Gasteiger partial charge in [-0.2, -0.15) is 0 Å². The fraction of sp³-hybridized carbons (Fsp3) is 0.345. The highest BCUT2D eigenvalue weighted by molar-refractivity contribution is 9.10. The van der Waals surface area contributed by atoms with E-state index in [1.165, 1.54) is 6.42 Å². The van der Waals surface area contributed by atoms with Crippen LogP contribution in [0.4, 0.5) is 5.69 Å². The molecule has 1 heterocycles. The van der Waals surface area contributed by atoms with E-state index in [1.54, 1.807) is 22.8 Å². The third-order valence-corrected chi connectivity index (χ3v) is 7.80. The zero-order valence-corrected chi connectivity index (χ0v) is 22.0. The molecule has 36 heavy (non-hydrogen) atoms. The second-order valence-electron chi connectivity index (χ2n) is 9.74. The fourth-order valence-corrected chi connectivity index (χ4v) is 5.79. The SMILES string of the molecule is CC(C(=O)NC1CCCCC1)N(Cc1cccc(Br)c1)C(=O)CN1C(=O)c2cccc3cccc1c23. The van der Waals surface area contributed by atoms with E-state index in [1.807, 2.05) is 54.6 Å². The first-order valence-electron chi connectivity index (χ1n) is 12.6. The number of benzene rings is 3. The number of nitrogens with one attached hydrogen (secondary N) is 1. The molecular formula is C29H30BrN3O3. The molecule has 0 aromatic heterocycles. The third kappa shape index (κ3) is 4.89. The number of carbonyl (C=O) groups excluding carboxylic acids is 3. The molecule has 1 unspecified atom stereocenters. The quantitative estimate of drug-likeness (QED) is 0.428. The lowest BCUT2D eigenvalue weighted by atomic mass is 9.95. The van der Waals surface area contributed by atoms with Gasteiger partial charge in [0.1, 0.15) is 12.6 Å². The van der Waals surface area contributed by atoms with Crippen molar-refractivity contribution in [3.05, 3.63) is 76.3 Å². The van der Waals surface area contributed by atoms with E-state index >= 15 is 0 Å². The molecule has 186 valence electrons. The highest BCUT2D eigenvalue weighted by Gasteiger charge is 2.34. The molecular weight excluding hydrogens is 518 g/mol. The van der Waals surface area contributed by atoms with E-state index < -0.39 is 6.04 Å². The maximum Gasteiger partial charge on any atom is 0.259 e. The van der Waals surface area contributed by atoms with Crippen molar-refractivity contribution in [1.29, 1.82) is 0 Å². The molecule has 5 rings (SSSR count). The lowest BCUT2D eigenvalue weighted by molar-refractivity contribution is -0.139. The lowest BCUT2D eigenvalue weighted by Gasteiger charge is -2.32. The van der Waals surface area contributed by atoms with E-state index in [-0.39, 0.29) is 36.9 Å². The summed E-state index contributed by atoms with van der Waals surface area (Å²) < 4.78 is 0.906. The number of nitrogens with zero attached hydrogens (tertiary/aromatic N) is 2. The van der Waals surface area contributed by atoms with Gasteiger partial charge < -0.3 is 10.2 Å². The molecule has 0 radical (unpaired) electrons. The molecule has 3 aromatic rings. The van der Waals surface area contributed by atoms with Crippen LogP contribution >= 0.6 is 15.9 Å². The second-order valence-corrected chi connectivity index (χ2v) is 10.7. The van der Waals surface area contributed by atoms with E-state index in [4.69, 9.17) is 0 Å². The summed E-state index contributed by atoms with van der Waals surface area (Å²) in [6.07, 6.45) is 5.38. The maximum atomic E-state index is 13.8. The molecule has 0 bridgehead atoms. The molecule has 1 fully saturated rings. The van der Waals surface area contributed by atoms with Gasteiger partial charge in [-0.15, -0.1) is 0 Å². The van der Waals surface area contributed by atoms with Gasteiger partial charge in [-0.05, 0) is 55.0 Å². The zero-order valence-electron chi connectivity index (χ0n) is 20.4. The number of halogens is 1. The summed E-state index contributed by atoms with van der Waals surface area (Å²) in [5.41, 5.74) is 2.26. The van der Waals surface area contributed by atoms with Gasteiger partial charge in [0.2, 0.25) is 11.8 Å². The Hall–Kier alpha value is -3.19. The molecule has 3 amide bonds. The molecule has 1 atom stereocenters. The van der Waals surface area contributed by atoms with Crippen LogP contribution in [0.15, 0.2) is 65.1 Å². The van der Waals surface area contributed by atoms with Crippen molar-refractivity contribution in [2.75, 3.05) is 11.4 Å². The van der Waals surface area contributed by atoms with E-state index in [9.17, 15) is 14.4 Å². The van der Waals surface area contributed by atoms with E-state index in [0.29, 0.717) is 5.56 Å². The molecule has 1 saturated carbocycles. The Bertz CT molecular complexity index is 1310. The van der Waals surface area contributed by atoms with Crippen molar-refractivity contribution in [2.24, 2.45) is 0 Å². The minimum Gasteiger partial charge on any atom is -0.352 e. The topological polar surface area (TPSA) is 69.7 Å². The third-order valence-electron chi connectivity index (χ3n) is 7.30. The monoisotopic (exact) mass is 547 g/mol. The number of anilines is 1. The first kappa shape index (κ1) is 24.5. The Kier molecular flexibility index (Phi) is 7.10. The van der Waals surface area contributed by atoms with Crippen molar-refractivity contribution >= 4 is 50.1 Å². The first-order chi connectivity index (χ1) is 17.4. The Morgan fingerprint density at radius 2 is 1.78 bits per heavy atom. The second kappa shape index (κ2) is 10.4. The lowest BCUT2D eigenvalue weighted by Crippen LogP contribution is -2.52. The standard InChI is InChI=1S/C29H30BrN3O3/c1-19(28(35)31-23-12-3-2-4-13-23)32(17-20-8-5-11-22(30)16-20)26(34)18-33-25-15-7-10-21-9-6-14-24(27(21)25)29(33)36/h5-11,14-16,19,23H,2-4,12-13,17-18H2,1H3,(H,31,35). The van der Waals surface area contributed by atoms with Crippen LogP contribution < -0.4 is 10.2 Å². The predicted molar refractivity (Wildman–Crippen MR) is 145 cm³/mol. The Morgan fingerprint density at radius 1 is 1.06 bits per heavy atom. The number of hydrogen-bond donors (Lipinski definition) is 1. The predicted octanol–water partition coefficient (Wildman–Crippen LogP) is 5.43. The van der Waals surface area contributed by atoms with Crippen molar-refractivity contribution < 1.29 is 14.4 Å². The fourth-order valence-electron chi connectivity index (χ4n) is 5.35. The van der Waals surface area contributed by atoms with Crippen LogP contribution in [-0.4, -0.2) is 41.2 Å². The van der Waals surface area contributed by atoms with Crippen LogP contribution in [0.5, 0.6) is 0 Å². The van der Waals surface area contributed by atoms with Gasteiger partial charge in [0, 0.05) is 28.0 Å². The Morgan fingerprint density at radius 3 is 2.53 bits per heavy atom. The zero-order chi connectivity index (χ0) is 25.2. The first-order valence-corrected chi connectivity index (χ1v) is 13.4. The van der Waals surface area contributed by atoms with Gasteiger partial charge in [-0.3, -0.25) is 19.3 Å². The van der Waals surface area contributed by atoms with Crippen molar-refractivity contribution in [2.45, 2.75) is 57.7 Å². The van der Waals surface area contributed by atoms with Gasteiger partial charge in [0.15, 0.2) is 0 Å². The van der Waals surface area contributed by atoms with Gasteiger partial charge in [0.25, 0.3) is 5.91 Å². The Labute approximate surface area is 219 Å². The van der Waals surface area contributed by atoms with Crippen molar-refractivity contribution in [1.82, 2.24) is 10.2 Å². The minimum absolute atomic E-state index is 0.123. The van der Waals surface area contributed by atoms with Crippen LogP contribution in [0.3, 0.4) is 0 Å². The molecule has 1 aliphatic heterocycles. The van der Waals surface area contributed by atoms with Gasteiger partial charge in [-0.1, -0.05) is 71.6 Å². The molecule has 7 heteroatoms. The van der Waals surface area contributed by atoms with Crippen LogP contribution in [0.25, 0.3) is 10.8 Å². The maximum absolute atomic E-state index is 13.8. The smallest absolute Gasteiger partial charge is 0.259 e. The van der Waals surface area contributed by atoms with Crippen LogP contribution in [-0.2, 0) is 16.1 Å². The number of hydrogen-bond acceptors (Lipinski definition) is 3. The van der Waals surface area contributed by atoms with Gasteiger partial charge >= 0.3 is 0 Å². The molecule has 0 saturated heterocycles. The van der Waals surface area contributed by atoms with Crippen LogP contribution in [0.2, 0.25) is 0 Å². The molecule has 6 nitrogen and oxygen atoms in total. The Balaban J connectivity index is 1.40.